The van der Waals surface area contributed by atoms with Crippen LogP contribution in [0.1, 0.15) is 36.2 Å². The molecule has 2 unspecified atom stereocenters. The number of nitrogens with one attached hydrogen (secondary N) is 2. The molecule has 0 radical (unpaired) electrons. The number of benzene rings is 1. The molecule has 0 spiro atoms. The summed E-state index contributed by atoms with van der Waals surface area (Å²) < 4.78 is 15.5. The molecule has 2 atom stereocenters. The normalized spacial score (nSPS) is 13.1. The van der Waals surface area contributed by atoms with Crippen molar-refractivity contribution in [3.05, 3.63) is 53.7 Å². The minimum atomic E-state index is -4.73. The highest BCUT2D eigenvalue weighted by molar-refractivity contribution is 7.46. The van der Waals surface area contributed by atoms with Crippen molar-refractivity contribution >= 4 is 31.4 Å². The number of rotatable bonds is 11. The van der Waals surface area contributed by atoms with Crippen LogP contribution in [0.5, 0.6) is 5.75 Å². The molecular weight excluding hydrogens is 467 g/mol. The van der Waals surface area contributed by atoms with Crippen LogP contribution in [-0.2, 0) is 20.6 Å². The number of hydrogen-bond donors (Lipinski definition) is 6. The van der Waals surface area contributed by atoms with Gasteiger partial charge in [-0.1, -0.05) is 26.0 Å². The molecule has 0 aliphatic heterocycles. The number of phosphoric ester groups is 1. The Morgan fingerprint density at radius 3 is 2.21 bits per heavy atom. The van der Waals surface area contributed by atoms with Crippen molar-refractivity contribution in [1.29, 1.82) is 0 Å². The highest BCUT2D eigenvalue weighted by Gasteiger charge is 2.28. The van der Waals surface area contributed by atoms with Gasteiger partial charge in [-0.05, 0) is 42.2 Å². The summed E-state index contributed by atoms with van der Waals surface area (Å²) in [7, 11) is -4.73. The van der Waals surface area contributed by atoms with Crippen LogP contribution in [0.15, 0.2) is 42.6 Å². The Hall–Kier alpha value is -3.47. The third-order valence-corrected chi connectivity index (χ3v) is 5.03. The standard InChI is InChI=1S/C21H27N4O8P/c1-12(2)9-17(21(28)29)25-20(27)16(24-19(26)14-5-8-18(22)23-11-14)10-13-3-6-15(7-4-13)33-34(30,31)32/h3-8,11-12,16-17H,9-10H2,1-2H3,(H2,22,23)(H,24,26)(H,25,27)(H,28,29)(H2,30,31,32). The van der Waals surface area contributed by atoms with Gasteiger partial charge in [0.2, 0.25) is 5.91 Å². The Labute approximate surface area is 195 Å². The number of nitrogen functional groups attached to an aromatic ring is 1. The lowest BCUT2D eigenvalue weighted by Gasteiger charge is -2.22. The fourth-order valence-electron chi connectivity index (χ4n) is 3.02. The SMILES string of the molecule is CC(C)CC(NC(=O)C(Cc1ccc(OP(=O)(O)O)cc1)NC(=O)c1ccc(N)nc1)C(=O)O. The summed E-state index contributed by atoms with van der Waals surface area (Å²) in [5.74, 6) is -2.41. The van der Waals surface area contributed by atoms with Crippen molar-refractivity contribution in [3.63, 3.8) is 0 Å². The quantitative estimate of drug-likeness (QED) is 0.246. The first-order valence-corrected chi connectivity index (χ1v) is 11.8. The number of hydrogen-bond acceptors (Lipinski definition) is 7. The van der Waals surface area contributed by atoms with E-state index in [-0.39, 0.29) is 35.9 Å². The fourth-order valence-corrected chi connectivity index (χ4v) is 3.41. The lowest BCUT2D eigenvalue weighted by molar-refractivity contribution is -0.142. The lowest BCUT2D eigenvalue weighted by Crippen LogP contribution is -2.52. The molecule has 12 nitrogen and oxygen atoms in total. The van der Waals surface area contributed by atoms with Gasteiger partial charge in [0, 0.05) is 12.6 Å². The Balaban J connectivity index is 2.24. The average molecular weight is 494 g/mol. The number of pyridine rings is 1. The van der Waals surface area contributed by atoms with Gasteiger partial charge in [0.05, 0.1) is 5.56 Å². The average Bonchev–Trinajstić information content (AvgIpc) is 2.73. The fraction of sp³-hybridized carbons (Fsp3) is 0.333. The second-order valence-corrected chi connectivity index (χ2v) is 9.12. The molecule has 0 aliphatic rings. The molecule has 0 fully saturated rings. The number of nitrogens with two attached hydrogens (primary N) is 1. The van der Waals surface area contributed by atoms with Crippen LogP contribution < -0.4 is 20.9 Å². The van der Waals surface area contributed by atoms with E-state index in [0.29, 0.717) is 5.56 Å². The van der Waals surface area contributed by atoms with Gasteiger partial charge in [0.25, 0.3) is 5.91 Å². The van der Waals surface area contributed by atoms with Crippen LogP contribution in [0.3, 0.4) is 0 Å². The Morgan fingerprint density at radius 1 is 1.06 bits per heavy atom. The predicted octanol–water partition coefficient (Wildman–Crippen LogP) is 1.09. The zero-order chi connectivity index (χ0) is 25.5. The smallest absolute Gasteiger partial charge is 0.480 e. The molecule has 1 aromatic heterocycles. The molecule has 1 aromatic carbocycles. The monoisotopic (exact) mass is 494 g/mol. The summed E-state index contributed by atoms with van der Waals surface area (Å²) in [6.45, 7) is 3.63. The van der Waals surface area contributed by atoms with Crippen molar-refractivity contribution in [3.8, 4) is 5.75 Å². The van der Waals surface area contributed by atoms with E-state index >= 15 is 0 Å². The molecule has 13 heteroatoms. The van der Waals surface area contributed by atoms with Crippen LogP contribution in [0.4, 0.5) is 5.82 Å². The number of aliphatic carboxylic acids is 1. The van der Waals surface area contributed by atoms with E-state index in [0.717, 1.165) is 0 Å². The number of anilines is 1. The van der Waals surface area contributed by atoms with Gasteiger partial charge in [-0.2, -0.15) is 0 Å². The van der Waals surface area contributed by atoms with Crippen LogP contribution in [-0.4, -0.2) is 49.7 Å². The van der Waals surface area contributed by atoms with E-state index < -0.39 is 37.7 Å². The zero-order valence-corrected chi connectivity index (χ0v) is 19.4. The molecule has 34 heavy (non-hydrogen) atoms. The Morgan fingerprint density at radius 2 is 1.71 bits per heavy atom. The second-order valence-electron chi connectivity index (χ2n) is 7.96. The Kier molecular flexibility index (Phi) is 9.13. The molecule has 184 valence electrons. The summed E-state index contributed by atoms with van der Waals surface area (Å²) in [5.41, 5.74) is 6.20. The van der Waals surface area contributed by atoms with Crippen LogP contribution >= 0.6 is 7.82 Å². The summed E-state index contributed by atoms with van der Waals surface area (Å²) in [5, 5.41) is 14.5. The van der Waals surface area contributed by atoms with Gasteiger partial charge in [-0.3, -0.25) is 19.4 Å². The summed E-state index contributed by atoms with van der Waals surface area (Å²) in [6.07, 6.45) is 1.40. The van der Waals surface area contributed by atoms with Gasteiger partial charge >= 0.3 is 13.8 Å². The third kappa shape index (κ3) is 8.81. The van der Waals surface area contributed by atoms with Gasteiger partial charge in [-0.25, -0.2) is 14.3 Å². The van der Waals surface area contributed by atoms with E-state index in [1.165, 1.54) is 42.6 Å². The van der Waals surface area contributed by atoms with Crippen LogP contribution in [0, 0.1) is 5.92 Å². The van der Waals surface area contributed by atoms with Crippen LogP contribution in [0.25, 0.3) is 0 Å². The number of carboxylic acids is 1. The van der Waals surface area contributed by atoms with E-state index in [1.807, 2.05) is 13.8 Å². The van der Waals surface area contributed by atoms with Crippen LogP contribution in [0.2, 0.25) is 0 Å². The number of carboxylic acid groups (broad SMARTS) is 1. The number of carbonyl (C=O) groups is 3. The molecule has 0 saturated heterocycles. The highest BCUT2D eigenvalue weighted by Crippen LogP contribution is 2.37. The van der Waals surface area contributed by atoms with E-state index in [1.54, 1.807) is 0 Å². The van der Waals surface area contributed by atoms with Crippen molar-refractivity contribution in [2.45, 2.75) is 38.8 Å². The lowest BCUT2D eigenvalue weighted by atomic mass is 10.0. The van der Waals surface area contributed by atoms with Crippen molar-refractivity contribution in [2.75, 3.05) is 5.73 Å². The number of phosphoric acid groups is 1. The largest absolute Gasteiger partial charge is 0.524 e. The molecule has 1 heterocycles. The van der Waals surface area contributed by atoms with E-state index in [4.69, 9.17) is 15.5 Å². The van der Waals surface area contributed by atoms with E-state index in [9.17, 15) is 24.1 Å². The van der Waals surface area contributed by atoms with Crippen molar-refractivity contribution < 1.29 is 38.4 Å². The maximum Gasteiger partial charge on any atom is 0.524 e. The highest BCUT2D eigenvalue weighted by atomic mass is 31.2. The molecule has 7 N–H and O–H groups in total. The first-order valence-electron chi connectivity index (χ1n) is 10.2. The maximum absolute atomic E-state index is 13.0. The number of amides is 2. The zero-order valence-electron chi connectivity index (χ0n) is 18.5. The topological polar surface area (TPSA) is 201 Å². The molecule has 2 amide bonds. The molecule has 0 aliphatic carbocycles. The molecule has 2 aromatic rings. The molecule has 2 rings (SSSR count). The van der Waals surface area contributed by atoms with E-state index in [2.05, 4.69) is 20.1 Å². The third-order valence-electron chi connectivity index (χ3n) is 4.58. The second kappa shape index (κ2) is 11.6. The minimum absolute atomic E-state index is 0.00291. The maximum atomic E-state index is 13.0. The number of nitrogens with zero attached hydrogens (tertiary/aromatic N) is 1. The number of aromatic nitrogens is 1. The summed E-state index contributed by atoms with van der Waals surface area (Å²) >= 11 is 0. The summed E-state index contributed by atoms with van der Waals surface area (Å²) in [4.78, 5) is 58.9. The predicted molar refractivity (Wildman–Crippen MR) is 122 cm³/mol. The summed E-state index contributed by atoms with van der Waals surface area (Å²) in [6, 6.07) is 6.07. The van der Waals surface area contributed by atoms with Gasteiger partial charge in [0.1, 0.15) is 23.7 Å². The molecular formula is C21H27N4O8P. The minimum Gasteiger partial charge on any atom is -0.480 e. The molecule has 0 saturated carbocycles. The van der Waals surface area contributed by atoms with Crippen molar-refractivity contribution in [1.82, 2.24) is 15.6 Å². The first-order chi connectivity index (χ1) is 15.8. The molecule has 0 bridgehead atoms. The first kappa shape index (κ1) is 26.8. The Bertz CT molecular complexity index is 1050. The van der Waals surface area contributed by atoms with Gasteiger partial charge in [-0.15, -0.1) is 0 Å². The van der Waals surface area contributed by atoms with Gasteiger partial charge in [0.15, 0.2) is 0 Å². The van der Waals surface area contributed by atoms with Gasteiger partial charge < -0.3 is 26.0 Å². The van der Waals surface area contributed by atoms with Crippen molar-refractivity contribution in [2.24, 2.45) is 5.92 Å². The number of carbonyl (C=O) groups excluding carboxylic acids is 2.